The molecule has 2 fully saturated rings. The molecule has 1 atom stereocenters. The number of likely N-dealkylation sites (tertiary alicyclic amines) is 1. The highest BCUT2D eigenvalue weighted by Crippen LogP contribution is 2.22. The second kappa shape index (κ2) is 7.69. The van der Waals surface area contributed by atoms with Gasteiger partial charge in [-0.3, -0.25) is 9.69 Å². The lowest BCUT2D eigenvalue weighted by Gasteiger charge is -2.32. The predicted octanol–water partition coefficient (Wildman–Crippen LogP) is 1.67. The van der Waals surface area contributed by atoms with Gasteiger partial charge < -0.3 is 14.8 Å². The van der Waals surface area contributed by atoms with E-state index in [1.165, 1.54) is 5.69 Å². The molecule has 0 aromatic carbocycles. The molecule has 6 heteroatoms. The number of aromatic nitrogens is 1. The zero-order chi connectivity index (χ0) is 15.7. The van der Waals surface area contributed by atoms with Crippen LogP contribution in [0.15, 0.2) is 6.07 Å². The number of aryl methyl sites for hydroxylation is 1. The summed E-state index contributed by atoms with van der Waals surface area (Å²) in [5.41, 5.74) is 3.18. The van der Waals surface area contributed by atoms with Gasteiger partial charge in [-0.2, -0.15) is 0 Å². The average Bonchev–Trinajstić information content (AvgIpc) is 3.13. The van der Waals surface area contributed by atoms with E-state index in [2.05, 4.69) is 46.5 Å². The molecule has 1 N–H and O–H groups in total. The number of piperazine rings is 1. The van der Waals surface area contributed by atoms with Gasteiger partial charge in [0.2, 0.25) is 0 Å². The summed E-state index contributed by atoms with van der Waals surface area (Å²) in [6.45, 7) is 13.3. The number of rotatable bonds is 3. The summed E-state index contributed by atoms with van der Waals surface area (Å²) in [5, 5.41) is 3.40. The molecule has 2 aliphatic rings. The molecule has 130 valence electrons. The number of hydrogen-bond donors (Lipinski definition) is 1. The highest BCUT2D eigenvalue weighted by Gasteiger charge is 2.32. The van der Waals surface area contributed by atoms with Gasteiger partial charge in [-0.15, -0.1) is 12.4 Å². The third-order valence-electron chi connectivity index (χ3n) is 5.24. The van der Waals surface area contributed by atoms with Gasteiger partial charge in [0.05, 0.1) is 5.56 Å². The fourth-order valence-electron chi connectivity index (χ4n) is 3.95. The molecule has 2 saturated heterocycles. The lowest BCUT2D eigenvalue weighted by molar-refractivity contribution is 0.0772. The Morgan fingerprint density at radius 2 is 1.96 bits per heavy atom. The standard InChI is InChI=1S/C17H28N4O.ClH/c1-4-21-13(2)11-16(14(21)3)17(22)20-8-5-15(12-20)19-9-6-18-7-10-19;/h11,15,18H,4-10,12H2,1-3H3;1H. The summed E-state index contributed by atoms with van der Waals surface area (Å²) >= 11 is 0. The second-order valence-corrected chi connectivity index (χ2v) is 6.51. The van der Waals surface area contributed by atoms with Crippen LogP contribution in [0.25, 0.3) is 0 Å². The Morgan fingerprint density at radius 1 is 1.26 bits per heavy atom. The summed E-state index contributed by atoms with van der Waals surface area (Å²) in [4.78, 5) is 17.5. The van der Waals surface area contributed by atoms with Crippen molar-refractivity contribution in [3.63, 3.8) is 0 Å². The molecule has 1 unspecified atom stereocenters. The zero-order valence-electron chi connectivity index (χ0n) is 14.5. The molecule has 0 radical (unpaired) electrons. The number of carbonyl (C=O) groups is 1. The van der Waals surface area contributed by atoms with E-state index < -0.39 is 0 Å². The molecule has 1 amide bonds. The van der Waals surface area contributed by atoms with Gasteiger partial charge in [-0.25, -0.2) is 0 Å². The topological polar surface area (TPSA) is 40.5 Å². The Kier molecular flexibility index (Phi) is 6.12. The molecule has 3 heterocycles. The first-order chi connectivity index (χ1) is 10.6. The molecule has 0 bridgehead atoms. The maximum absolute atomic E-state index is 12.9. The van der Waals surface area contributed by atoms with Gasteiger partial charge in [0.25, 0.3) is 5.91 Å². The first-order valence-corrected chi connectivity index (χ1v) is 8.52. The van der Waals surface area contributed by atoms with Crippen molar-refractivity contribution in [1.82, 2.24) is 19.7 Å². The van der Waals surface area contributed by atoms with Gasteiger partial charge >= 0.3 is 0 Å². The van der Waals surface area contributed by atoms with Crippen LogP contribution < -0.4 is 5.32 Å². The minimum atomic E-state index is 0. The number of carbonyl (C=O) groups excluding carboxylic acids is 1. The summed E-state index contributed by atoms with van der Waals surface area (Å²) in [5.74, 6) is 0.213. The quantitative estimate of drug-likeness (QED) is 0.910. The fraction of sp³-hybridized carbons (Fsp3) is 0.706. The zero-order valence-corrected chi connectivity index (χ0v) is 15.3. The van der Waals surface area contributed by atoms with E-state index in [1.807, 2.05) is 0 Å². The Morgan fingerprint density at radius 3 is 2.57 bits per heavy atom. The van der Waals surface area contributed by atoms with Crippen molar-refractivity contribution in [3.8, 4) is 0 Å². The van der Waals surface area contributed by atoms with Crippen LogP contribution >= 0.6 is 12.4 Å². The molecule has 0 spiro atoms. The third kappa shape index (κ3) is 3.57. The molecule has 0 aliphatic carbocycles. The maximum atomic E-state index is 12.9. The van der Waals surface area contributed by atoms with Crippen molar-refractivity contribution in [1.29, 1.82) is 0 Å². The Bertz CT molecular complexity index is 551. The van der Waals surface area contributed by atoms with Crippen molar-refractivity contribution in [3.05, 3.63) is 23.0 Å². The Labute approximate surface area is 145 Å². The normalized spacial score (nSPS) is 22.2. The first-order valence-electron chi connectivity index (χ1n) is 8.52. The van der Waals surface area contributed by atoms with Crippen LogP contribution in [-0.2, 0) is 6.54 Å². The van der Waals surface area contributed by atoms with Gasteiger partial charge in [-0.05, 0) is 33.3 Å². The number of amides is 1. The predicted molar refractivity (Wildman–Crippen MR) is 95.6 cm³/mol. The summed E-state index contributed by atoms with van der Waals surface area (Å²) in [7, 11) is 0. The van der Waals surface area contributed by atoms with E-state index >= 15 is 0 Å². The largest absolute Gasteiger partial charge is 0.349 e. The molecule has 2 aliphatic heterocycles. The third-order valence-corrected chi connectivity index (χ3v) is 5.24. The molecule has 23 heavy (non-hydrogen) atoms. The molecular weight excluding hydrogens is 312 g/mol. The van der Waals surface area contributed by atoms with Gasteiger partial charge in [0.1, 0.15) is 0 Å². The number of nitrogens with zero attached hydrogens (tertiary/aromatic N) is 3. The molecule has 5 nitrogen and oxygen atoms in total. The monoisotopic (exact) mass is 340 g/mol. The van der Waals surface area contributed by atoms with E-state index in [4.69, 9.17) is 0 Å². The van der Waals surface area contributed by atoms with Crippen molar-refractivity contribution in [2.75, 3.05) is 39.3 Å². The molecule has 1 aromatic heterocycles. The van der Waals surface area contributed by atoms with Crippen molar-refractivity contribution in [2.24, 2.45) is 0 Å². The molecule has 3 rings (SSSR count). The van der Waals surface area contributed by atoms with Crippen LogP contribution in [0.5, 0.6) is 0 Å². The van der Waals surface area contributed by atoms with Crippen LogP contribution in [0.1, 0.15) is 35.1 Å². The first kappa shape index (κ1) is 18.3. The highest BCUT2D eigenvalue weighted by molar-refractivity contribution is 5.96. The lowest BCUT2D eigenvalue weighted by atomic mass is 10.2. The van der Waals surface area contributed by atoms with Crippen LogP contribution in [0.2, 0.25) is 0 Å². The van der Waals surface area contributed by atoms with Crippen LogP contribution in [0.4, 0.5) is 0 Å². The van der Waals surface area contributed by atoms with Crippen molar-refractivity contribution >= 4 is 18.3 Å². The van der Waals surface area contributed by atoms with Crippen molar-refractivity contribution < 1.29 is 4.79 Å². The SMILES string of the molecule is CCn1c(C)cc(C(=O)N2CCC(N3CCNCC3)C2)c1C.Cl. The van der Waals surface area contributed by atoms with Gasteiger partial charge in [-0.1, -0.05) is 0 Å². The van der Waals surface area contributed by atoms with Gasteiger partial charge in [0.15, 0.2) is 0 Å². The van der Waals surface area contributed by atoms with Crippen LogP contribution in [0, 0.1) is 13.8 Å². The van der Waals surface area contributed by atoms with E-state index in [1.54, 1.807) is 0 Å². The lowest BCUT2D eigenvalue weighted by Crippen LogP contribution is -2.49. The minimum Gasteiger partial charge on any atom is -0.349 e. The van der Waals surface area contributed by atoms with Gasteiger partial charge in [0, 0.05) is 63.2 Å². The summed E-state index contributed by atoms with van der Waals surface area (Å²) < 4.78 is 2.22. The molecular formula is C17H29ClN4O. The smallest absolute Gasteiger partial charge is 0.255 e. The number of nitrogens with one attached hydrogen (secondary N) is 1. The Hall–Kier alpha value is -1.04. The average molecular weight is 341 g/mol. The van der Waals surface area contributed by atoms with E-state index in [-0.39, 0.29) is 18.3 Å². The van der Waals surface area contributed by atoms with E-state index in [0.717, 1.165) is 63.5 Å². The second-order valence-electron chi connectivity index (χ2n) is 6.51. The maximum Gasteiger partial charge on any atom is 0.255 e. The molecule has 1 aromatic rings. The van der Waals surface area contributed by atoms with E-state index in [0.29, 0.717) is 6.04 Å². The van der Waals surface area contributed by atoms with Crippen LogP contribution in [-0.4, -0.2) is 65.6 Å². The number of halogens is 1. The number of hydrogen-bond acceptors (Lipinski definition) is 3. The minimum absolute atomic E-state index is 0. The molecule has 0 saturated carbocycles. The summed E-state index contributed by atoms with van der Waals surface area (Å²) in [6.07, 6.45) is 1.11. The van der Waals surface area contributed by atoms with Crippen LogP contribution in [0.3, 0.4) is 0 Å². The van der Waals surface area contributed by atoms with Crippen molar-refractivity contribution in [2.45, 2.75) is 39.8 Å². The fourth-order valence-corrected chi connectivity index (χ4v) is 3.95. The Balaban J connectivity index is 0.00000192. The van der Waals surface area contributed by atoms with E-state index in [9.17, 15) is 4.79 Å². The highest BCUT2D eigenvalue weighted by atomic mass is 35.5. The summed E-state index contributed by atoms with van der Waals surface area (Å²) in [6, 6.07) is 2.60.